The monoisotopic (exact) mass is 273 g/mol. The number of nitrogens with zero attached hydrogens (tertiary/aromatic N) is 2. The standard InChI is InChI=1S/C13H18F3N3/c1-17-8-10-4-3-7-19(9-10)12-11(13(14,15)16)5-2-6-18-12/h2,5-6,10,17H,3-4,7-9H2,1H3. The van der Waals surface area contributed by atoms with Crippen LogP contribution in [-0.4, -0.2) is 31.7 Å². The van der Waals surface area contributed by atoms with Crippen molar-refractivity contribution in [3.05, 3.63) is 23.9 Å². The Bertz CT molecular complexity index is 418. The minimum Gasteiger partial charge on any atom is -0.356 e. The third-order valence-electron chi connectivity index (χ3n) is 3.40. The molecule has 1 unspecified atom stereocenters. The molecule has 1 aromatic rings. The van der Waals surface area contributed by atoms with Crippen LogP contribution in [-0.2, 0) is 6.18 Å². The van der Waals surface area contributed by atoms with Crippen LogP contribution in [0.3, 0.4) is 0 Å². The molecule has 3 nitrogen and oxygen atoms in total. The van der Waals surface area contributed by atoms with Gasteiger partial charge in [0.1, 0.15) is 5.82 Å². The number of piperidine rings is 1. The average Bonchev–Trinajstić information content (AvgIpc) is 2.38. The highest BCUT2D eigenvalue weighted by Gasteiger charge is 2.36. The normalized spacial score (nSPS) is 20.6. The summed E-state index contributed by atoms with van der Waals surface area (Å²) in [6.07, 6.45) is -0.975. The second-order valence-electron chi connectivity index (χ2n) is 4.88. The molecule has 0 saturated carbocycles. The van der Waals surface area contributed by atoms with Crippen molar-refractivity contribution >= 4 is 5.82 Å². The van der Waals surface area contributed by atoms with Crippen molar-refractivity contribution < 1.29 is 13.2 Å². The Morgan fingerprint density at radius 2 is 2.26 bits per heavy atom. The number of rotatable bonds is 3. The van der Waals surface area contributed by atoms with E-state index in [-0.39, 0.29) is 5.82 Å². The van der Waals surface area contributed by atoms with Crippen LogP contribution in [0.25, 0.3) is 0 Å². The van der Waals surface area contributed by atoms with Gasteiger partial charge in [-0.1, -0.05) is 0 Å². The molecule has 0 bridgehead atoms. The zero-order chi connectivity index (χ0) is 13.9. The molecule has 106 valence electrons. The van der Waals surface area contributed by atoms with Crippen molar-refractivity contribution in [2.75, 3.05) is 31.6 Å². The summed E-state index contributed by atoms with van der Waals surface area (Å²) < 4.78 is 38.9. The van der Waals surface area contributed by atoms with Gasteiger partial charge in [0.15, 0.2) is 0 Å². The average molecular weight is 273 g/mol. The Labute approximate surface area is 110 Å². The van der Waals surface area contributed by atoms with Crippen LogP contribution in [0.4, 0.5) is 19.0 Å². The van der Waals surface area contributed by atoms with E-state index in [4.69, 9.17) is 0 Å². The van der Waals surface area contributed by atoms with Gasteiger partial charge in [0, 0.05) is 19.3 Å². The lowest BCUT2D eigenvalue weighted by Crippen LogP contribution is -2.40. The quantitative estimate of drug-likeness (QED) is 0.917. The van der Waals surface area contributed by atoms with Gasteiger partial charge in [0.2, 0.25) is 0 Å². The van der Waals surface area contributed by atoms with Crippen molar-refractivity contribution in [3.63, 3.8) is 0 Å². The predicted octanol–water partition coefficient (Wildman–Crippen LogP) is 2.54. The Kier molecular flexibility index (Phi) is 4.29. The van der Waals surface area contributed by atoms with Gasteiger partial charge in [-0.15, -0.1) is 0 Å². The first-order chi connectivity index (χ1) is 9.02. The zero-order valence-electron chi connectivity index (χ0n) is 10.9. The fourth-order valence-corrected chi connectivity index (χ4v) is 2.58. The third-order valence-corrected chi connectivity index (χ3v) is 3.40. The maximum Gasteiger partial charge on any atom is 0.419 e. The first-order valence-corrected chi connectivity index (χ1v) is 6.44. The van der Waals surface area contributed by atoms with Crippen molar-refractivity contribution in [2.24, 2.45) is 5.92 Å². The molecule has 6 heteroatoms. The molecule has 2 heterocycles. The highest BCUT2D eigenvalue weighted by Crippen LogP contribution is 2.36. The van der Waals surface area contributed by atoms with Gasteiger partial charge in [-0.05, 0) is 44.5 Å². The molecule has 0 spiro atoms. The molecule has 0 aliphatic carbocycles. The number of halogens is 3. The Morgan fingerprint density at radius 3 is 2.95 bits per heavy atom. The molecular formula is C13H18F3N3. The van der Waals surface area contributed by atoms with E-state index in [0.29, 0.717) is 19.0 Å². The Hall–Kier alpha value is -1.30. The van der Waals surface area contributed by atoms with Gasteiger partial charge in [-0.3, -0.25) is 0 Å². The summed E-state index contributed by atoms with van der Waals surface area (Å²) in [6.45, 7) is 2.09. The lowest BCUT2D eigenvalue weighted by molar-refractivity contribution is -0.137. The molecule has 0 amide bonds. The molecule has 1 aliphatic rings. The minimum absolute atomic E-state index is 0.0656. The van der Waals surface area contributed by atoms with Gasteiger partial charge < -0.3 is 10.2 Å². The molecule has 2 rings (SSSR count). The van der Waals surface area contributed by atoms with E-state index in [9.17, 15) is 13.2 Å². The fourth-order valence-electron chi connectivity index (χ4n) is 2.58. The summed E-state index contributed by atoms with van der Waals surface area (Å²) in [7, 11) is 1.86. The summed E-state index contributed by atoms with van der Waals surface area (Å²) in [5.74, 6) is 0.442. The Morgan fingerprint density at radius 1 is 1.47 bits per heavy atom. The number of hydrogen-bond acceptors (Lipinski definition) is 3. The number of anilines is 1. The first kappa shape index (κ1) is 14.1. The first-order valence-electron chi connectivity index (χ1n) is 6.44. The highest BCUT2D eigenvalue weighted by molar-refractivity contribution is 5.48. The fraction of sp³-hybridized carbons (Fsp3) is 0.615. The smallest absolute Gasteiger partial charge is 0.356 e. The van der Waals surface area contributed by atoms with Crippen molar-refractivity contribution in [2.45, 2.75) is 19.0 Å². The molecule has 1 fully saturated rings. The van der Waals surface area contributed by atoms with Crippen LogP contribution in [0.15, 0.2) is 18.3 Å². The summed E-state index contributed by atoms with van der Waals surface area (Å²) in [6, 6.07) is 2.44. The number of hydrogen-bond donors (Lipinski definition) is 1. The number of nitrogens with one attached hydrogen (secondary N) is 1. The number of pyridine rings is 1. The summed E-state index contributed by atoms with van der Waals surface area (Å²) in [5, 5.41) is 3.08. The molecule has 1 saturated heterocycles. The van der Waals surface area contributed by atoms with Crippen LogP contribution >= 0.6 is 0 Å². The van der Waals surface area contributed by atoms with Crippen LogP contribution in [0.2, 0.25) is 0 Å². The van der Waals surface area contributed by atoms with Gasteiger partial charge >= 0.3 is 6.18 Å². The second kappa shape index (κ2) is 5.77. The summed E-state index contributed by atoms with van der Waals surface area (Å²) in [4.78, 5) is 5.71. The highest BCUT2D eigenvalue weighted by atomic mass is 19.4. The minimum atomic E-state index is -4.35. The van der Waals surface area contributed by atoms with Crippen molar-refractivity contribution in [3.8, 4) is 0 Å². The predicted molar refractivity (Wildman–Crippen MR) is 68.1 cm³/mol. The largest absolute Gasteiger partial charge is 0.419 e. The SMILES string of the molecule is CNCC1CCCN(c2ncccc2C(F)(F)F)C1. The molecule has 1 N–H and O–H groups in total. The third kappa shape index (κ3) is 3.37. The number of aromatic nitrogens is 1. The van der Waals surface area contributed by atoms with Crippen molar-refractivity contribution in [1.82, 2.24) is 10.3 Å². The molecule has 1 aromatic heterocycles. The zero-order valence-corrected chi connectivity index (χ0v) is 10.9. The molecule has 19 heavy (non-hydrogen) atoms. The Balaban J connectivity index is 2.21. The maximum absolute atomic E-state index is 13.0. The second-order valence-corrected chi connectivity index (χ2v) is 4.88. The maximum atomic E-state index is 13.0. The van der Waals surface area contributed by atoms with E-state index in [0.717, 1.165) is 25.5 Å². The summed E-state index contributed by atoms with van der Waals surface area (Å²) in [5.41, 5.74) is -0.639. The van der Waals surface area contributed by atoms with E-state index in [1.165, 1.54) is 12.3 Å². The van der Waals surface area contributed by atoms with E-state index in [2.05, 4.69) is 10.3 Å². The number of alkyl halides is 3. The molecule has 1 atom stereocenters. The van der Waals surface area contributed by atoms with Crippen LogP contribution in [0.1, 0.15) is 18.4 Å². The van der Waals surface area contributed by atoms with Crippen LogP contribution < -0.4 is 10.2 Å². The molecule has 0 aromatic carbocycles. The van der Waals surface area contributed by atoms with Gasteiger partial charge in [0.25, 0.3) is 0 Å². The van der Waals surface area contributed by atoms with E-state index in [1.807, 2.05) is 7.05 Å². The lowest BCUT2D eigenvalue weighted by atomic mass is 9.97. The van der Waals surface area contributed by atoms with E-state index < -0.39 is 11.7 Å². The van der Waals surface area contributed by atoms with Gasteiger partial charge in [-0.2, -0.15) is 13.2 Å². The molecule has 1 aliphatic heterocycles. The summed E-state index contributed by atoms with van der Waals surface area (Å²) >= 11 is 0. The lowest BCUT2D eigenvalue weighted by Gasteiger charge is -2.34. The van der Waals surface area contributed by atoms with Crippen molar-refractivity contribution in [1.29, 1.82) is 0 Å². The molecule has 0 radical (unpaired) electrons. The van der Waals surface area contributed by atoms with E-state index >= 15 is 0 Å². The molecular weight excluding hydrogens is 255 g/mol. The van der Waals surface area contributed by atoms with Crippen LogP contribution in [0, 0.1) is 5.92 Å². The van der Waals surface area contributed by atoms with Gasteiger partial charge in [-0.25, -0.2) is 4.98 Å². The van der Waals surface area contributed by atoms with E-state index in [1.54, 1.807) is 4.90 Å². The van der Waals surface area contributed by atoms with Gasteiger partial charge in [0.05, 0.1) is 5.56 Å². The van der Waals surface area contributed by atoms with Crippen LogP contribution in [0.5, 0.6) is 0 Å². The topological polar surface area (TPSA) is 28.2 Å².